The van der Waals surface area contributed by atoms with Crippen molar-refractivity contribution in [1.82, 2.24) is 0 Å². The highest BCUT2D eigenvalue weighted by Gasteiger charge is 2.09. The first kappa shape index (κ1) is 10.6. The minimum atomic E-state index is 0.368. The summed E-state index contributed by atoms with van der Waals surface area (Å²) < 4.78 is 0. The van der Waals surface area contributed by atoms with Crippen molar-refractivity contribution in [3.8, 4) is 11.3 Å². The van der Waals surface area contributed by atoms with Gasteiger partial charge < -0.3 is 0 Å². The van der Waals surface area contributed by atoms with Gasteiger partial charge in [0.15, 0.2) is 0 Å². The van der Waals surface area contributed by atoms with Crippen molar-refractivity contribution in [2.75, 3.05) is 6.26 Å². The van der Waals surface area contributed by atoms with Gasteiger partial charge in [-0.15, -0.1) is 0 Å². The molecule has 0 saturated carbocycles. The molecular weight excluding hydrogens is 184 g/mol. The van der Waals surface area contributed by atoms with Gasteiger partial charge in [0, 0.05) is 5.38 Å². The topological polar surface area (TPSA) is 0 Å². The molecule has 0 aliphatic rings. The summed E-state index contributed by atoms with van der Waals surface area (Å²) in [5.41, 5.74) is 0. The van der Waals surface area contributed by atoms with E-state index in [0.29, 0.717) is 11.2 Å². The van der Waals surface area contributed by atoms with Crippen LogP contribution in [0.4, 0.5) is 0 Å². The molecule has 0 N–H and O–H groups in total. The van der Waals surface area contributed by atoms with E-state index in [-0.39, 0.29) is 0 Å². The van der Waals surface area contributed by atoms with Gasteiger partial charge in [0.25, 0.3) is 0 Å². The number of hydrogen-bond acceptors (Lipinski definition) is 2. The van der Waals surface area contributed by atoms with Crippen molar-refractivity contribution in [3.05, 3.63) is 0 Å². The Hall–Kier alpha value is 0.550. The summed E-state index contributed by atoms with van der Waals surface area (Å²) in [5, 5.41) is 2.79. The smallest absolute Gasteiger partial charge is 0.0795 e. The van der Waals surface area contributed by atoms with Crippen LogP contribution in [0.1, 0.15) is 13.8 Å². The molecule has 0 aromatic rings. The normalized spacial score (nSPS) is 12.5. The molecule has 0 aromatic heterocycles. The fraction of sp³-hybridized carbons (Fsp3) is 0.714. The second-order valence-electron chi connectivity index (χ2n) is 2.17. The van der Waals surface area contributed by atoms with Crippen LogP contribution >= 0.6 is 33.2 Å². The summed E-state index contributed by atoms with van der Waals surface area (Å²) in [6.45, 7) is 4.30. The quantitative estimate of drug-likeness (QED) is 0.500. The lowest BCUT2D eigenvalue weighted by Crippen LogP contribution is -2.06. The van der Waals surface area contributed by atoms with Gasteiger partial charge in [0.1, 0.15) is 0 Å². The lowest BCUT2D eigenvalue weighted by Gasteiger charge is -2.10. The molecule has 0 nitrogen and oxygen atoms in total. The van der Waals surface area contributed by atoms with Gasteiger partial charge in [-0.3, -0.25) is 0 Å². The van der Waals surface area contributed by atoms with E-state index in [9.17, 15) is 0 Å². The molecule has 58 valence electrons. The molecule has 10 heavy (non-hydrogen) atoms. The van der Waals surface area contributed by atoms with Crippen molar-refractivity contribution in [2.45, 2.75) is 19.1 Å². The van der Waals surface area contributed by atoms with Gasteiger partial charge in [-0.2, -0.15) is 0 Å². The van der Waals surface area contributed by atoms with Crippen molar-refractivity contribution in [1.29, 1.82) is 0 Å². The average molecular weight is 195 g/mol. The summed E-state index contributed by atoms with van der Waals surface area (Å²) in [6, 6.07) is 0. The average Bonchev–Trinajstić information content (AvgIpc) is 1.87. The first-order chi connectivity index (χ1) is 4.72. The molecule has 0 amide bonds. The second kappa shape index (κ2) is 6.27. The highest BCUT2D eigenvalue weighted by molar-refractivity contribution is 8.76. The molecule has 0 saturated heterocycles. The summed E-state index contributed by atoms with van der Waals surface area (Å²) >= 11 is 5.29. The minimum Gasteiger partial charge on any atom is -0.0963 e. The molecule has 0 aromatic carbocycles. The Bertz CT molecular complexity index is 134. The van der Waals surface area contributed by atoms with Crippen LogP contribution in [-0.4, -0.2) is 11.5 Å². The van der Waals surface area contributed by atoms with Crippen LogP contribution in [0.5, 0.6) is 0 Å². The zero-order valence-electron chi connectivity index (χ0n) is 6.35. The molecule has 0 rings (SSSR count). The van der Waals surface area contributed by atoms with Gasteiger partial charge in [-0.1, -0.05) is 41.4 Å². The van der Waals surface area contributed by atoms with Gasteiger partial charge in [-0.05, 0) is 23.8 Å². The van der Waals surface area contributed by atoms with Crippen LogP contribution in [0, 0.1) is 17.2 Å². The van der Waals surface area contributed by atoms with Gasteiger partial charge in [0.2, 0.25) is 0 Å². The van der Waals surface area contributed by atoms with Crippen molar-refractivity contribution >= 4 is 33.2 Å². The molecule has 0 fully saturated rings. The molecule has 3 heteroatoms. The van der Waals surface area contributed by atoms with Crippen molar-refractivity contribution < 1.29 is 0 Å². The first-order valence-electron chi connectivity index (χ1n) is 3.03. The fourth-order valence-corrected chi connectivity index (χ4v) is 2.61. The maximum absolute atomic E-state index is 5.29. The van der Waals surface area contributed by atoms with Crippen molar-refractivity contribution in [3.63, 3.8) is 0 Å². The molecule has 0 heterocycles. The molecule has 0 spiro atoms. The molecule has 0 bridgehead atoms. The molecular formula is C7H11ClS2. The van der Waals surface area contributed by atoms with Crippen LogP contribution < -0.4 is 0 Å². The lowest BCUT2D eigenvalue weighted by atomic mass is 10.1. The summed E-state index contributed by atoms with van der Waals surface area (Å²) in [7, 11) is 3.50. The predicted octanol–water partition coefficient (Wildman–Crippen LogP) is 3.22. The van der Waals surface area contributed by atoms with Gasteiger partial charge in [0.05, 0.1) is 5.25 Å². The highest BCUT2D eigenvalue weighted by atomic mass is 35.5. The molecule has 1 unspecified atom stereocenters. The third-order valence-corrected chi connectivity index (χ3v) is 3.37. The zero-order valence-corrected chi connectivity index (χ0v) is 8.74. The Morgan fingerprint density at radius 3 is 2.30 bits per heavy atom. The van der Waals surface area contributed by atoms with E-state index in [1.165, 1.54) is 0 Å². The number of rotatable bonds is 3. The van der Waals surface area contributed by atoms with E-state index in [0.717, 1.165) is 0 Å². The van der Waals surface area contributed by atoms with E-state index in [4.69, 9.17) is 11.6 Å². The largest absolute Gasteiger partial charge is 0.0963 e. The molecule has 0 radical (unpaired) electrons. The van der Waals surface area contributed by atoms with Crippen LogP contribution in [0.15, 0.2) is 0 Å². The van der Waals surface area contributed by atoms with E-state index < -0.39 is 0 Å². The molecule has 0 aliphatic heterocycles. The van der Waals surface area contributed by atoms with Crippen LogP contribution in [0.3, 0.4) is 0 Å². The van der Waals surface area contributed by atoms with Crippen LogP contribution in [0.2, 0.25) is 0 Å². The van der Waals surface area contributed by atoms with Crippen LogP contribution in [-0.2, 0) is 0 Å². The third kappa shape index (κ3) is 4.38. The monoisotopic (exact) mass is 194 g/mol. The summed E-state index contributed by atoms with van der Waals surface area (Å²) in [4.78, 5) is 0. The maximum Gasteiger partial charge on any atom is 0.0795 e. The standard InChI is InChI=1S/C7H11ClS2/c1-6(2)7(4-5-8)10-9-3/h6-7H,1-3H3. The first-order valence-corrected chi connectivity index (χ1v) is 6.03. The van der Waals surface area contributed by atoms with E-state index >= 15 is 0 Å². The summed E-state index contributed by atoms with van der Waals surface area (Å²) in [6.07, 6.45) is 2.05. The van der Waals surface area contributed by atoms with Crippen LogP contribution in [0.25, 0.3) is 0 Å². The van der Waals surface area contributed by atoms with E-state index in [1.807, 2.05) is 0 Å². The predicted molar refractivity (Wildman–Crippen MR) is 53.4 cm³/mol. The van der Waals surface area contributed by atoms with Crippen molar-refractivity contribution in [2.24, 2.45) is 5.92 Å². The Labute approximate surface area is 75.9 Å². The maximum atomic E-state index is 5.29. The minimum absolute atomic E-state index is 0.368. The fourth-order valence-electron chi connectivity index (χ4n) is 0.459. The number of halogens is 1. The molecule has 1 atom stereocenters. The van der Waals surface area contributed by atoms with Gasteiger partial charge >= 0.3 is 0 Å². The number of hydrogen-bond donors (Lipinski definition) is 0. The second-order valence-corrected chi connectivity index (χ2v) is 4.97. The molecule has 0 aliphatic carbocycles. The van der Waals surface area contributed by atoms with E-state index in [2.05, 4.69) is 31.4 Å². The summed E-state index contributed by atoms with van der Waals surface area (Å²) in [5.74, 6) is 3.51. The van der Waals surface area contributed by atoms with Gasteiger partial charge in [-0.25, -0.2) is 0 Å². The van der Waals surface area contributed by atoms with E-state index in [1.54, 1.807) is 21.6 Å². The Kier molecular flexibility index (Phi) is 6.62. The SMILES string of the molecule is CSSC(C#CCl)C(C)C. The Morgan fingerprint density at radius 2 is 2.00 bits per heavy atom. The third-order valence-electron chi connectivity index (χ3n) is 1.00. The Balaban J connectivity index is 3.81. The zero-order chi connectivity index (χ0) is 7.98. The lowest BCUT2D eigenvalue weighted by molar-refractivity contribution is 0.692. The Morgan fingerprint density at radius 1 is 1.40 bits per heavy atom. The highest BCUT2D eigenvalue weighted by Crippen LogP contribution is 2.28.